The SMILES string of the molecule is CC1(C)c2cccc(-c3cccc(-c4cccc(-c5nc(-c6ccccc6)nc(-c6ccc(-c7cccnc7)cc6)n5)c4)c3)c2-c2c1ccc1ccccc21. The number of aromatic nitrogens is 4. The topological polar surface area (TPSA) is 51.6 Å². The largest absolute Gasteiger partial charge is 0.264 e. The Kier molecular flexibility index (Phi) is 7.77. The molecule has 260 valence electrons. The van der Waals surface area contributed by atoms with Crippen LogP contribution in [0.1, 0.15) is 25.0 Å². The third-order valence-electron chi connectivity index (χ3n) is 11.0. The highest BCUT2D eigenvalue weighted by atomic mass is 15.0. The van der Waals surface area contributed by atoms with E-state index in [-0.39, 0.29) is 5.41 Å². The molecule has 0 spiro atoms. The lowest BCUT2D eigenvalue weighted by atomic mass is 9.81. The number of hydrogen-bond acceptors (Lipinski definition) is 4. The minimum Gasteiger partial charge on any atom is -0.264 e. The van der Waals surface area contributed by atoms with Crippen molar-refractivity contribution in [1.82, 2.24) is 19.9 Å². The van der Waals surface area contributed by atoms with E-state index in [9.17, 15) is 0 Å². The minimum atomic E-state index is -0.0972. The van der Waals surface area contributed by atoms with E-state index in [1.54, 1.807) is 6.20 Å². The van der Waals surface area contributed by atoms with Crippen molar-refractivity contribution in [3.63, 3.8) is 0 Å². The fourth-order valence-electron chi connectivity index (χ4n) is 8.19. The molecule has 2 heterocycles. The molecular formula is C51H36N4. The second kappa shape index (κ2) is 13.1. The lowest BCUT2D eigenvalue weighted by Gasteiger charge is -2.21. The summed E-state index contributed by atoms with van der Waals surface area (Å²) in [5.41, 5.74) is 15.0. The molecule has 0 amide bonds. The second-order valence-corrected chi connectivity index (χ2v) is 14.7. The van der Waals surface area contributed by atoms with Gasteiger partial charge in [-0.15, -0.1) is 0 Å². The molecule has 0 saturated carbocycles. The molecule has 4 nitrogen and oxygen atoms in total. The van der Waals surface area contributed by atoms with Crippen molar-refractivity contribution in [2.45, 2.75) is 19.3 Å². The van der Waals surface area contributed by atoms with Crippen molar-refractivity contribution in [2.24, 2.45) is 0 Å². The van der Waals surface area contributed by atoms with E-state index < -0.39 is 0 Å². The van der Waals surface area contributed by atoms with Gasteiger partial charge in [-0.25, -0.2) is 15.0 Å². The summed E-state index contributed by atoms with van der Waals surface area (Å²) in [4.78, 5) is 19.4. The number of rotatable bonds is 6. The summed E-state index contributed by atoms with van der Waals surface area (Å²) in [5, 5.41) is 2.57. The van der Waals surface area contributed by atoms with Crippen molar-refractivity contribution < 1.29 is 0 Å². The summed E-state index contributed by atoms with van der Waals surface area (Å²) in [7, 11) is 0. The van der Waals surface area contributed by atoms with Gasteiger partial charge in [-0.3, -0.25) is 4.98 Å². The zero-order valence-electron chi connectivity index (χ0n) is 30.6. The van der Waals surface area contributed by atoms with Crippen LogP contribution in [0.15, 0.2) is 182 Å². The molecule has 0 radical (unpaired) electrons. The van der Waals surface area contributed by atoms with E-state index in [0.29, 0.717) is 17.5 Å². The van der Waals surface area contributed by atoms with Crippen molar-refractivity contribution in [2.75, 3.05) is 0 Å². The van der Waals surface area contributed by atoms with Crippen molar-refractivity contribution in [3.05, 3.63) is 193 Å². The Morgan fingerprint density at radius 1 is 0.382 bits per heavy atom. The Labute approximate surface area is 320 Å². The maximum atomic E-state index is 5.07. The van der Waals surface area contributed by atoms with Crippen LogP contribution in [0, 0.1) is 0 Å². The van der Waals surface area contributed by atoms with Crippen LogP contribution in [0.5, 0.6) is 0 Å². The van der Waals surface area contributed by atoms with Gasteiger partial charge in [-0.2, -0.15) is 0 Å². The van der Waals surface area contributed by atoms with Crippen molar-refractivity contribution in [1.29, 1.82) is 0 Å². The van der Waals surface area contributed by atoms with Gasteiger partial charge in [-0.05, 0) is 84.6 Å². The minimum absolute atomic E-state index is 0.0972. The molecule has 1 aliphatic rings. The fraction of sp³-hybridized carbons (Fsp3) is 0.0588. The van der Waals surface area contributed by atoms with Gasteiger partial charge in [0.05, 0.1) is 0 Å². The van der Waals surface area contributed by atoms with E-state index in [4.69, 9.17) is 15.0 Å². The summed E-state index contributed by atoms with van der Waals surface area (Å²) in [5.74, 6) is 1.89. The quantitative estimate of drug-likeness (QED) is 0.173. The summed E-state index contributed by atoms with van der Waals surface area (Å²) < 4.78 is 0. The standard InChI is InChI=1S/C51H36N4/c1-51(2)44-22-10-21-43(47(44)46-42-20-7-6-12-34(42)27-28-45(46)51)39-17-8-15-37(30-39)38-16-9-18-40(31-38)50-54-48(35-13-4-3-5-14-35)53-49(55-50)36-25-23-33(24-26-36)41-19-11-29-52-32-41/h3-32H,1-2H3. The lowest BCUT2D eigenvalue weighted by molar-refractivity contribution is 0.661. The van der Waals surface area contributed by atoms with E-state index in [1.165, 1.54) is 44.2 Å². The highest BCUT2D eigenvalue weighted by Crippen LogP contribution is 2.54. The number of benzene rings is 7. The van der Waals surface area contributed by atoms with Crippen LogP contribution < -0.4 is 0 Å². The lowest BCUT2D eigenvalue weighted by Crippen LogP contribution is -2.14. The summed E-state index contributed by atoms with van der Waals surface area (Å²) in [6, 6.07) is 60.1. The zero-order chi connectivity index (χ0) is 36.9. The highest BCUT2D eigenvalue weighted by molar-refractivity contribution is 6.06. The van der Waals surface area contributed by atoms with Crippen LogP contribution in [-0.2, 0) is 5.41 Å². The Balaban J connectivity index is 1.06. The average Bonchev–Trinajstić information content (AvgIpc) is 3.50. The van der Waals surface area contributed by atoms with Crippen molar-refractivity contribution >= 4 is 10.8 Å². The number of fused-ring (bicyclic) bond motifs is 5. The first-order valence-corrected chi connectivity index (χ1v) is 18.7. The maximum absolute atomic E-state index is 5.07. The zero-order valence-corrected chi connectivity index (χ0v) is 30.6. The second-order valence-electron chi connectivity index (χ2n) is 14.7. The molecule has 0 N–H and O–H groups in total. The Morgan fingerprint density at radius 2 is 0.945 bits per heavy atom. The van der Waals surface area contributed by atoms with Gasteiger partial charge in [0.25, 0.3) is 0 Å². The molecule has 0 bridgehead atoms. The molecule has 0 unspecified atom stereocenters. The first kappa shape index (κ1) is 32.6. The van der Waals surface area contributed by atoms with Gasteiger partial charge in [0.1, 0.15) is 0 Å². The fourth-order valence-corrected chi connectivity index (χ4v) is 8.19. The molecule has 10 rings (SSSR count). The van der Waals surface area contributed by atoms with Gasteiger partial charge >= 0.3 is 0 Å². The Bertz CT molecular complexity index is 2880. The van der Waals surface area contributed by atoms with E-state index in [1.807, 2.05) is 42.6 Å². The molecule has 4 heteroatoms. The molecule has 0 saturated heterocycles. The van der Waals surface area contributed by atoms with E-state index in [2.05, 4.69) is 152 Å². The van der Waals surface area contributed by atoms with E-state index >= 15 is 0 Å². The van der Waals surface area contributed by atoms with Gasteiger partial charge in [0.15, 0.2) is 17.5 Å². The number of nitrogens with zero attached hydrogens (tertiary/aromatic N) is 4. The van der Waals surface area contributed by atoms with Crippen LogP contribution in [-0.4, -0.2) is 19.9 Å². The smallest absolute Gasteiger partial charge is 0.164 e. The normalized spacial score (nSPS) is 12.7. The molecule has 0 aliphatic heterocycles. The van der Waals surface area contributed by atoms with Crippen LogP contribution in [0.3, 0.4) is 0 Å². The van der Waals surface area contributed by atoms with Crippen LogP contribution >= 0.6 is 0 Å². The third kappa shape index (κ3) is 5.71. The maximum Gasteiger partial charge on any atom is 0.164 e. The third-order valence-corrected chi connectivity index (χ3v) is 11.0. The summed E-state index contributed by atoms with van der Waals surface area (Å²) >= 11 is 0. The first-order valence-electron chi connectivity index (χ1n) is 18.7. The van der Waals surface area contributed by atoms with Crippen LogP contribution in [0.4, 0.5) is 0 Å². The average molecular weight is 705 g/mol. The van der Waals surface area contributed by atoms with Gasteiger partial charge < -0.3 is 0 Å². The molecule has 0 fully saturated rings. The molecule has 55 heavy (non-hydrogen) atoms. The molecule has 0 atom stereocenters. The molecule has 2 aromatic heterocycles. The van der Waals surface area contributed by atoms with Gasteiger partial charge in [0.2, 0.25) is 0 Å². The first-order chi connectivity index (χ1) is 27.0. The predicted molar refractivity (Wildman–Crippen MR) is 225 cm³/mol. The monoisotopic (exact) mass is 704 g/mol. The molecule has 1 aliphatic carbocycles. The van der Waals surface area contributed by atoms with Gasteiger partial charge in [0, 0.05) is 34.5 Å². The summed E-state index contributed by atoms with van der Waals surface area (Å²) in [6.07, 6.45) is 3.66. The van der Waals surface area contributed by atoms with Crippen LogP contribution in [0.2, 0.25) is 0 Å². The Hall–Kier alpha value is -7.04. The van der Waals surface area contributed by atoms with Crippen LogP contribution in [0.25, 0.3) is 89.4 Å². The number of pyridine rings is 1. The highest BCUT2D eigenvalue weighted by Gasteiger charge is 2.37. The number of hydrogen-bond donors (Lipinski definition) is 0. The summed E-state index contributed by atoms with van der Waals surface area (Å²) in [6.45, 7) is 4.71. The molecular weight excluding hydrogens is 669 g/mol. The van der Waals surface area contributed by atoms with Gasteiger partial charge in [-0.1, -0.05) is 166 Å². The molecule has 7 aromatic carbocycles. The van der Waals surface area contributed by atoms with E-state index in [0.717, 1.165) is 38.9 Å². The van der Waals surface area contributed by atoms with Crippen molar-refractivity contribution in [3.8, 4) is 78.7 Å². The Morgan fingerprint density at radius 3 is 1.69 bits per heavy atom. The molecule has 9 aromatic rings. The predicted octanol–water partition coefficient (Wildman–Crippen LogP) is 12.7.